The minimum absolute atomic E-state index is 0.0438. The highest BCUT2D eigenvalue weighted by Gasteiger charge is 2.17. The van der Waals surface area contributed by atoms with Crippen LogP contribution in [0.5, 0.6) is 5.75 Å². The predicted octanol–water partition coefficient (Wildman–Crippen LogP) is 4.05. The molecular weight excluding hydrogens is 442 g/mol. The molecule has 8 nitrogen and oxygen atoms in total. The van der Waals surface area contributed by atoms with Gasteiger partial charge >= 0.3 is 0 Å². The van der Waals surface area contributed by atoms with E-state index in [-0.39, 0.29) is 17.5 Å². The van der Waals surface area contributed by atoms with Crippen molar-refractivity contribution in [2.45, 2.75) is 0 Å². The largest absolute Gasteiger partial charge is 0.506 e. The third-order valence-corrected chi connectivity index (χ3v) is 6.56. The molecule has 2 aromatic carbocycles. The van der Waals surface area contributed by atoms with Crippen LogP contribution < -0.4 is 20.8 Å². The smallest absolute Gasteiger partial charge is 0.229 e. The number of nitrogens with zero attached hydrogens (tertiary/aromatic N) is 4. The number of aromatic hydroxyl groups is 1. The fraction of sp³-hybridized carbons (Fsp3) is 0.304. The summed E-state index contributed by atoms with van der Waals surface area (Å²) >= 11 is 0. The number of benzene rings is 2. The first-order valence-corrected chi connectivity index (χ1v) is 13.0. The lowest BCUT2D eigenvalue weighted by molar-refractivity contribution is 0.415. The lowest BCUT2D eigenvalue weighted by atomic mass is 10.2. The van der Waals surface area contributed by atoms with E-state index in [1.165, 1.54) is 0 Å². The zero-order valence-electron chi connectivity index (χ0n) is 19.5. The molecule has 3 rings (SSSR count). The number of hydrogen-bond acceptors (Lipinski definition) is 8. The first-order valence-electron chi connectivity index (χ1n) is 10.4. The topological polar surface area (TPSA) is 93.6 Å². The van der Waals surface area contributed by atoms with E-state index in [2.05, 4.69) is 25.5 Å². The maximum atomic E-state index is 14.4. The number of halogens is 1. The van der Waals surface area contributed by atoms with Gasteiger partial charge in [0.05, 0.1) is 17.6 Å². The van der Waals surface area contributed by atoms with Crippen LogP contribution in [0.2, 0.25) is 0 Å². The van der Waals surface area contributed by atoms with Crippen molar-refractivity contribution in [3.63, 3.8) is 0 Å². The molecule has 0 aliphatic rings. The van der Waals surface area contributed by atoms with Gasteiger partial charge in [0.15, 0.2) is 11.6 Å². The molecule has 0 spiro atoms. The Labute approximate surface area is 193 Å². The van der Waals surface area contributed by atoms with E-state index >= 15 is 0 Å². The number of phenols is 1. The van der Waals surface area contributed by atoms with E-state index in [0.29, 0.717) is 22.4 Å². The SMILES string of the molecule is CN(C)CCN(C)c1ccc(Nc2ncc(F)c(Nc3ccccc3P(C)(C)=O)n2)cc1O. The van der Waals surface area contributed by atoms with Crippen LogP contribution in [-0.2, 0) is 4.57 Å². The molecule has 0 saturated heterocycles. The number of nitrogens with one attached hydrogen (secondary N) is 2. The van der Waals surface area contributed by atoms with Gasteiger partial charge in [-0.25, -0.2) is 9.37 Å². The van der Waals surface area contributed by atoms with Crippen LogP contribution in [0.1, 0.15) is 0 Å². The Hall–Kier alpha value is -3.16. The minimum Gasteiger partial charge on any atom is -0.506 e. The quantitative estimate of drug-likeness (QED) is 0.402. The Morgan fingerprint density at radius 2 is 1.79 bits per heavy atom. The Kier molecular flexibility index (Phi) is 7.56. The van der Waals surface area contributed by atoms with Crippen molar-refractivity contribution >= 4 is 41.3 Å². The number of phenolic OH excluding ortho intramolecular Hbond substituents is 1. The van der Waals surface area contributed by atoms with E-state index < -0.39 is 13.0 Å². The van der Waals surface area contributed by atoms with Crippen LogP contribution in [-0.4, -0.2) is 67.5 Å². The second-order valence-corrected chi connectivity index (χ2v) is 11.6. The van der Waals surface area contributed by atoms with Crippen molar-refractivity contribution in [2.75, 3.05) is 63.1 Å². The molecule has 0 saturated carbocycles. The van der Waals surface area contributed by atoms with Crippen molar-refractivity contribution in [3.05, 3.63) is 54.5 Å². The highest BCUT2D eigenvalue weighted by atomic mass is 31.2. The summed E-state index contributed by atoms with van der Waals surface area (Å²) in [6.07, 6.45) is 1.06. The monoisotopic (exact) mass is 472 g/mol. The Morgan fingerprint density at radius 3 is 2.45 bits per heavy atom. The maximum Gasteiger partial charge on any atom is 0.229 e. The minimum atomic E-state index is -2.58. The van der Waals surface area contributed by atoms with Crippen molar-refractivity contribution in [3.8, 4) is 5.75 Å². The molecule has 10 heteroatoms. The maximum absolute atomic E-state index is 14.4. The Bertz CT molecular complexity index is 1170. The Morgan fingerprint density at radius 1 is 1.06 bits per heavy atom. The molecule has 0 bridgehead atoms. The molecule has 1 heterocycles. The van der Waals surface area contributed by atoms with Gasteiger partial charge in [-0.15, -0.1) is 0 Å². The summed E-state index contributed by atoms with van der Waals surface area (Å²) in [5.41, 5.74) is 1.78. The number of hydrogen-bond donors (Lipinski definition) is 3. The first kappa shape index (κ1) is 24.5. The van der Waals surface area contributed by atoms with Gasteiger partial charge in [-0.1, -0.05) is 12.1 Å². The van der Waals surface area contributed by atoms with Crippen LogP contribution in [0, 0.1) is 5.82 Å². The third-order valence-electron chi connectivity index (χ3n) is 5.01. The summed E-state index contributed by atoms with van der Waals surface area (Å²) in [5, 5.41) is 17.0. The molecule has 176 valence electrons. The highest BCUT2D eigenvalue weighted by molar-refractivity contribution is 7.70. The van der Waals surface area contributed by atoms with Gasteiger partial charge in [-0.3, -0.25) is 0 Å². The molecule has 0 radical (unpaired) electrons. The predicted molar refractivity (Wildman–Crippen MR) is 134 cm³/mol. The first-order chi connectivity index (χ1) is 15.5. The van der Waals surface area contributed by atoms with Gasteiger partial charge in [0.2, 0.25) is 5.95 Å². The average Bonchev–Trinajstić information content (AvgIpc) is 2.74. The fourth-order valence-electron chi connectivity index (χ4n) is 3.22. The van der Waals surface area contributed by atoms with E-state index in [1.807, 2.05) is 26.0 Å². The summed E-state index contributed by atoms with van der Waals surface area (Å²) in [6.45, 7) is 4.92. The molecule has 1 aromatic heterocycles. The summed E-state index contributed by atoms with van der Waals surface area (Å²) in [6, 6.07) is 12.2. The van der Waals surface area contributed by atoms with E-state index in [0.717, 1.165) is 19.3 Å². The highest BCUT2D eigenvalue weighted by Crippen LogP contribution is 2.38. The summed E-state index contributed by atoms with van der Waals surface area (Å²) in [7, 11) is 3.32. The third kappa shape index (κ3) is 6.43. The zero-order chi connectivity index (χ0) is 24.2. The van der Waals surface area contributed by atoms with Gasteiger partial charge in [0, 0.05) is 37.2 Å². The molecular formula is C23H30FN6O2P. The van der Waals surface area contributed by atoms with Crippen molar-refractivity contribution in [1.82, 2.24) is 14.9 Å². The van der Waals surface area contributed by atoms with Gasteiger partial charge in [-0.05, 0) is 51.7 Å². The summed E-state index contributed by atoms with van der Waals surface area (Å²) in [5.74, 6) is -0.422. The number of para-hydroxylation sites is 1. The molecule has 3 N–H and O–H groups in total. The Balaban J connectivity index is 1.80. The average molecular weight is 473 g/mol. The summed E-state index contributed by atoms with van der Waals surface area (Å²) in [4.78, 5) is 12.3. The lowest BCUT2D eigenvalue weighted by Gasteiger charge is -2.22. The van der Waals surface area contributed by atoms with Crippen LogP contribution in [0.25, 0.3) is 0 Å². The fourth-order valence-corrected chi connectivity index (χ4v) is 4.37. The van der Waals surface area contributed by atoms with Crippen molar-refractivity contribution in [1.29, 1.82) is 0 Å². The van der Waals surface area contributed by atoms with Crippen LogP contribution in [0.15, 0.2) is 48.7 Å². The van der Waals surface area contributed by atoms with Gasteiger partial charge in [0.1, 0.15) is 12.9 Å². The number of anilines is 5. The molecule has 3 aromatic rings. The standard InChI is InChI=1S/C23H30FN6O2P/c1-29(2)12-13-30(3)19-11-10-16(14-20(19)31)26-23-25-15-17(24)22(28-23)27-18-8-6-7-9-21(18)33(4,5)32/h6-11,14-15,31H,12-13H2,1-5H3,(H2,25,26,27,28). The van der Waals surface area contributed by atoms with Crippen LogP contribution >= 0.6 is 7.14 Å². The zero-order valence-corrected chi connectivity index (χ0v) is 20.4. The van der Waals surface area contributed by atoms with Crippen LogP contribution in [0.3, 0.4) is 0 Å². The lowest BCUT2D eigenvalue weighted by Crippen LogP contribution is -2.28. The number of rotatable bonds is 9. The van der Waals surface area contributed by atoms with E-state index in [1.54, 1.807) is 55.8 Å². The van der Waals surface area contributed by atoms with Crippen molar-refractivity contribution < 1.29 is 14.1 Å². The molecule has 0 aliphatic heterocycles. The van der Waals surface area contributed by atoms with Gasteiger partial charge in [-0.2, -0.15) is 4.98 Å². The molecule has 0 unspecified atom stereocenters. The normalized spacial score (nSPS) is 11.5. The molecule has 0 atom stereocenters. The molecule has 0 amide bonds. The molecule has 0 aliphatic carbocycles. The van der Waals surface area contributed by atoms with Crippen molar-refractivity contribution in [2.24, 2.45) is 0 Å². The van der Waals surface area contributed by atoms with Crippen LogP contribution in [0.4, 0.5) is 33.2 Å². The number of likely N-dealkylation sites (N-methyl/N-ethyl adjacent to an activating group) is 2. The van der Waals surface area contributed by atoms with Gasteiger partial charge < -0.3 is 30.1 Å². The number of aromatic nitrogens is 2. The van der Waals surface area contributed by atoms with E-state index in [4.69, 9.17) is 0 Å². The summed E-state index contributed by atoms with van der Waals surface area (Å²) < 4.78 is 27.0. The second kappa shape index (κ2) is 10.2. The van der Waals surface area contributed by atoms with Gasteiger partial charge in [0.25, 0.3) is 0 Å². The molecule has 0 fully saturated rings. The van der Waals surface area contributed by atoms with E-state index in [9.17, 15) is 14.1 Å². The molecule has 33 heavy (non-hydrogen) atoms. The second-order valence-electron chi connectivity index (χ2n) is 8.44.